The van der Waals surface area contributed by atoms with E-state index in [0.717, 1.165) is 22.3 Å². The summed E-state index contributed by atoms with van der Waals surface area (Å²) in [5.74, 6) is -0.0740. The molecule has 4 aromatic rings. The van der Waals surface area contributed by atoms with Gasteiger partial charge in [-0.15, -0.1) is 0 Å². The van der Waals surface area contributed by atoms with Crippen LogP contribution in [0.15, 0.2) is 79.1 Å². The average molecular weight is 341 g/mol. The molecule has 128 valence electrons. The maximum Gasteiger partial charge on any atom is 0.244 e. The minimum atomic E-state index is -0.0740. The number of hydrogen-bond acceptors (Lipinski definition) is 2. The van der Waals surface area contributed by atoms with Gasteiger partial charge in [-0.05, 0) is 47.9 Å². The van der Waals surface area contributed by atoms with Crippen molar-refractivity contribution in [2.75, 3.05) is 5.32 Å². The topological polar surface area (TPSA) is 46.9 Å². The second kappa shape index (κ2) is 6.84. The molecule has 0 bridgehead atoms. The second-order valence-electron chi connectivity index (χ2n) is 6.31. The number of anilines is 1. The van der Waals surface area contributed by atoms with Crippen LogP contribution in [-0.4, -0.2) is 15.5 Å². The van der Waals surface area contributed by atoms with Crippen molar-refractivity contribution in [2.45, 2.75) is 13.5 Å². The smallest absolute Gasteiger partial charge is 0.244 e. The molecule has 0 aliphatic rings. The third kappa shape index (κ3) is 3.22. The van der Waals surface area contributed by atoms with Gasteiger partial charge in [0.15, 0.2) is 0 Å². The van der Waals surface area contributed by atoms with Crippen LogP contribution in [0.2, 0.25) is 0 Å². The molecular formula is C22H19N3O. The van der Waals surface area contributed by atoms with Gasteiger partial charge in [-0.25, -0.2) is 4.98 Å². The predicted octanol–water partition coefficient (Wildman–Crippen LogP) is 4.65. The fourth-order valence-electron chi connectivity index (χ4n) is 3.15. The molecule has 0 saturated heterocycles. The van der Waals surface area contributed by atoms with Gasteiger partial charge in [0.1, 0.15) is 6.54 Å². The van der Waals surface area contributed by atoms with E-state index in [9.17, 15) is 4.79 Å². The third-order valence-corrected chi connectivity index (χ3v) is 4.44. The Morgan fingerprint density at radius 2 is 1.81 bits per heavy atom. The Kier molecular flexibility index (Phi) is 4.23. The van der Waals surface area contributed by atoms with Crippen LogP contribution in [0.5, 0.6) is 0 Å². The Morgan fingerprint density at radius 3 is 2.69 bits per heavy atom. The summed E-state index contributed by atoms with van der Waals surface area (Å²) < 4.78 is 1.86. The first-order chi connectivity index (χ1) is 12.7. The molecular weight excluding hydrogens is 322 g/mol. The van der Waals surface area contributed by atoms with Gasteiger partial charge < -0.3 is 9.88 Å². The van der Waals surface area contributed by atoms with E-state index in [2.05, 4.69) is 35.4 Å². The molecule has 1 aromatic heterocycles. The van der Waals surface area contributed by atoms with Crippen molar-refractivity contribution in [3.8, 4) is 11.1 Å². The molecule has 4 heteroatoms. The summed E-state index contributed by atoms with van der Waals surface area (Å²) in [6.45, 7) is 2.32. The normalized spacial score (nSPS) is 10.8. The zero-order valence-corrected chi connectivity index (χ0v) is 14.5. The van der Waals surface area contributed by atoms with E-state index < -0.39 is 0 Å². The molecule has 0 atom stereocenters. The number of imidazole rings is 1. The molecule has 1 N–H and O–H groups in total. The molecule has 3 aromatic carbocycles. The molecule has 4 rings (SSSR count). The number of para-hydroxylation sites is 2. The Bertz CT molecular complexity index is 1080. The Hall–Kier alpha value is -3.40. The van der Waals surface area contributed by atoms with Crippen molar-refractivity contribution in [3.05, 3.63) is 84.7 Å². The molecule has 4 nitrogen and oxygen atoms in total. The maximum absolute atomic E-state index is 12.5. The zero-order chi connectivity index (χ0) is 17.9. The molecule has 0 fully saturated rings. The molecule has 0 saturated carbocycles. The van der Waals surface area contributed by atoms with Gasteiger partial charge in [-0.3, -0.25) is 4.79 Å². The zero-order valence-electron chi connectivity index (χ0n) is 14.5. The number of carbonyl (C=O) groups excluding carboxylic acids is 1. The fraction of sp³-hybridized carbons (Fsp3) is 0.0909. The molecule has 26 heavy (non-hydrogen) atoms. The van der Waals surface area contributed by atoms with Crippen molar-refractivity contribution in [2.24, 2.45) is 0 Å². The van der Waals surface area contributed by atoms with Gasteiger partial charge in [-0.1, -0.05) is 48.5 Å². The van der Waals surface area contributed by atoms with E-state index in [0.29, 0.717) is 0 Å². The van der Waals surface area contributed by atoms with Crippen molar-refractivity contribution in [1.29, 1.82) is 0 Å². The molecule has 1 heterocycles. The molecule has 0 unspecified atom stereocenters. The van der Waals surface area contributed by atoms with Crippen LogP contribution in [0.3, 0.4) is 0 Å². The van der Waals surface area contributed by atoms with Crippen LogP contribution in [0, 0.1) is 6.92 Å². The molecule has 0 spiro atoms. The van der Waals surface area contributed by atoms with Gasteiger partial charge in [0.05, 0.1) is 17.4 Å². The highest BCUT2D eigenvalue weighted by Gasteiger charge is 2.08. The van der Waals surface area contributed by atoms with E-state index >= 15 is 0 Å². The number of benzene rings is 3. The van der Waals surface area contributed by atoms with Crippen molar-refractivity contribution in [3.63, 3.8) is 0 Å². The first-order valence-corrected chi connectivity index (χ1v) is 8.56. The highest BCUT2D eigenvalue weighted by molar-refractivity contribution is 5.92. The number of nitrogens with one attached hydrogen (secondary N) is 1. The first kappa shape index (κ1) is 16.1. The van der Waals surface area contributed by atoms with Crippen LogP contribution in [0.25, 0.3) is 22.2 Å². The van der Waals surface area contributed by atoms with Crippen LogP contribution in [0.4, 0.5) is 5.69 Å². The van der Waals surface area contributed by atoms with E-state index in [1.807, 2.05) is 59.2 Å². The first-order valence-electron chi connectivity index (χ1n) is 8.56. The van der Waals surface area contributed by atoms with Crippen LogP contribution < -0.4 is 5.32 Å². The van der Waals surface area contributed by atoms with Crippen LogP contribution in [-0.2, 0) is 11.3 Å². The number of carbonyl (C=O) groups is 1. The van der Waals surface area contributed by atoms with Crippen LogP contribution in [0.1, 0.15) is 5.56 Å². The van der Waals surface area contributed by atoms with Gasteiger partial charge in [0.25, 0.3) is 0 Å². The second-order valence-corrected chi connectivity index (χ2v) is 6.31. The summed E-state index contributed by atoms with van der Waals surface area (Å²) in [6.07, 6.45) is 1.70. The lowest BCUT2D eigenvalue weighted by molar-refractivity contribution is -0.116. The molecule has 0 aliphatic heterocycles. The van der Waals surface area contributed by atoms with Gasteiger partial charge >= 0.3 is 0 Å². The summed E-state index contributed by atoms with van der Waals surface area (Å²) in [4.78, 5) is 16.8. The van der Waals surface area contributed by atoms with Crippen molar-refractivity contribution >= 4 is 22.6 Å². The van der Waals surface area contributed by atoms with E-state index in [1.165, 1.54) is 11.1 Å². The number of aromatic nitrogens is 2. The summed E-state index contributed by atoms with van der Waals surface area (Å²) >= 11 is 0. The number of amides is 1. The van der Waals surface area contributed by atoms with E-state index in [1.54, 1.807) is 6.33 Å². The Labute approximate surface area is 152 Å². The summed E-state index contributed by atoms with van der Waals surface area (Å²) in [6, 6.07) is 24.0. The van der Waals surface area contributed by atoms with Gasteiger partial charge in [0.2, 0.25) is 5.91 Å². The van der Waals surface area contributed by atoms with Crippen LogP contribution >= 0.6 is 0 Å². The lowest BCUT2D eigenvalue weighted by Gasteiger charge is -2.10. The average Bonchev–Trinajstić information content (AvgIpc) is 3.05. The number of hydrogen-bond donors (Lipinski definition) is 1. The third-order valence-electron chi connectivity index (χ3n) is 4.44. The predicted molar refractivity (Wildman–Crippen MR) is 105 cm³/mol. The largest absolute Gasteiger partial charge is 0.325 e. The summed E-state index contributed by atoms with van der Waals surface area (Å²) in [5, 5.41) is 2.99. The highest BCUT2D eigenvalue weighted by Crippen LogP contribution is 2.25. The van der Waals surface area contributed by atoms with Gasteiger partial charge in [-0.2, -0.15) is 0 Å². The fourth-order valence-corrected chi connectivity index (χ4v) is 3.15. The number of aryl methyl sites for hydroxylation is 1. The maximum atomic E-state index is 12.5. The van der Waals surface area contributed by atoms with Gasteiger partial charge in [0, 0.05) is 5.69 Å². The number of fused-ring (bicyclic) bond motifs is 1. The standard InChI is InChI=1S/C22H19N3O/c1-16-7-2-3-10-19(16)17-8-6-9-18(13-17)24-22(26)14-25-15-23-20-11-4-5-12-21(20)25/h2-13,15H,14H2,1H3,(H,24,26). The molecule has 1 amide bonds. The van der Waals surface area contributed by atoms with Crippen molar-refractivity contribution < 1.29 is 4.79 Å². The summed E-state index contributed by atoms with van der Waals surface area (Å²) in [5.41, 5.74) is 6.11. The van der Waals surface area contributed by atoms with E-state index in [-0.39, 0.29) is 12.5 Å². The monoisotopic (exact) mass is 341 g/mol. The molecule has 0 radical (unpaired) electrons. The SMILES string of the molecule is Cc1ccccc1-c1cccc(NC(=O)Cn2cnc3ccccc32)c1. The Morgan fingerprint density at radius 1 is 1.00 bits per heavy atom. The molecule has 0 aliphatic carbocycles. The minimum Gasteiger partial charge on any atom is -0.325 e. The minimum absolute atomic E-state index is 0.0740. The van der Waals surface area contributed by atoms with Crippen molar-refractivity contribution in [1.82, 2.24) is 9.55 Å². The highest BCUT2D eigenvalue weighted by atomic mass is 16.1. The lowest BCUT2D eigenvalue weighted by atomic mass is 10.0. The summed E-state index contributed by atoms with van der Waals surface area (Å²) in [7, 11) is 0. The number of rotatable bonds is 4. The number of nitrogens with zero attached hydrogens (tertiary/aromatic N) is 2. The Balaban J connectivity index is 1.53. The lowest BCUT2D eigenvalue weighted by Crippen LogP contribution is -2.18. The quantitative estimate of drug-likeness (QED) is 0.587. The van der Waals surface area contributed by atoms with E-state index in [4.69, 9.17) is 0 Å².